The van der Waals surface area contributed by atoms with Gasteiger partial charge in [0.2, 0.25) is 5.82 Å². The Bertz CT molecular complexity index is 499. The molecule has 2 rings (SSSR count). The minimum absolute atomic E-state index is 0.0177. The molecule has 3 N–H and O–H groups in total. The minimum atomic E-state index is -1.20. The zero-order valence-corrected chi connectivity index (χ0v) is 11.1. The molecule has 1 heterocycles. The lowest BCUT2D eigenvalue weighted by atomic mass is 9.73. The van der Waals surface area contributed by atoms with E-state index in [1.54, 1.807) is 6.92 Å². The number of aromatic amines is 1. The van der Waals surface area contributed by atoms with Crippen LogP contribution in [0.5, 0.6) is 0 Å². The molecule has 1 aromatic heterocycles. The Labute approximate surface area is 110 Å². The summed E-state index contributed by atoms with van der Waals surface area (Å²) < 4.78 is 0. The Morgan fingerprint density at radius 1 is 1.47 bits per heavy atom. The second-order valence-corrected chi connectivity index (χ2v) is 5.12. The summed E-state index contributed by atoms with van der Waals surface area (Å²) in [5, 5.41) is 18.5. The fraction of sp³-hybridized carbons (Fsp3) is 0.667. The Hall–Kier alpha value is -1.92. The van der Waals surface area contributed by atoms with Crippen molar-refractivity contribution in [2.24, 2.45) is 5.92 Å². The summed E-state index contributed by atoms with van der Waals surface area (Å²) in [4.78, 5) is 27.6. The van der Waals surface area contributed by atoms with Crippen molar-refractivity contribution in [3.05, 3.63) is 11.6 Å². The third-order valence-corrected chi connectivity index (χ3v) is 3.82. The van der Waals surface area contributed by atoms with E-state index in [0.717, 1.165) is 19.3 Å². The monoisotopic (exact) mass is 266 g/mol. The molecule has 19 heavy (non-hydrogen) atoms. The van der Waals surface area contributed by atoms with Crippen molar-refractivity contribution in [3.63, 3.8) is 0 Å². The lowest BCUT2D eigenvalue weighted by Crippen LogP contribution is -2.60. The fourth-order valence-corrected chi connectivity index (χ4v) is 2.61. The SMILES string of the molecule is Cc1nc(C(=O)NC2(C(=O)O)CCCCC2C)n[nH]1. The topological polar surface area (TPSA) is 108 Å². The molecule has 7 heteroatoms. The molecule has 2 unspecified atom stereocenters. The number of rotatable bonds is 3. The quantitative estimate of drug-likeness (QED) is 0.752. The van der Waals surface area contributed by atoms with Gasteiger partial charge in [-0.05, 0) is 25.7 Å². The summed E-state index contributed by atoms with van der Waals surface area (Å²) >= 11 is 0. The smallest absolute Gasteiger partial charge is 0.329 e. The molecule has 1 fully saturated rings. The number of carboxylic acid groups (broad SMARTS) is 1. The lowest BCUT2D eigenvalue weighted by Gasteiger charge is -2.39. The van der Waals surface area contributed by atoms with Crippen molar-refractivity contribution in [1.29, 1.82) is 0 Å². The van der Waals surface area contributed by atoms with Crippen LogP contribution in [0.2, 0.25) is 0 Å². The first-order valence-electron chi connectivity index (χ1n) is 6.40. The van der Waals surface area contributed by atoms with E-state index in [2.05, 4.69) is 20.5 Å². The van der Waals surface area contributed by atoms with Gasteiger partial charge < -0.3 is 10.4 Å². The first-order chi connectivity index (χ1) is 8.95. The first-order valence-corrected chi connectivity index (χ1v) is 6.40. The Kier molecular flexibility index (Phi) is 3.55. The number of aromatic nitrogens is 3. The van der Waals surface area contributed by atoms with Crippen LogP contribution in [-0.4, -0.2) is 37.7 Å². The third kappa shape index (κ3) is 2.45. The van der Waals surface area contributed by atoms with Gasteiger partial charge in [-0.15, -0.1) is 5.10 Å². The van der Waals surface area contributed by atoms with Crippen molar-refractivity contribution in [1.82, 2.24) is 20.5 Å². The van der Waals surface area contributed by atoms with E-state index in [0.29, 0.717) is 12.2 Å². The van der Waals surface area contributed by atoms with Crippen LogP contribution in [0.4, 0.5) is 0 Å². The van der Waals surface area contributed by atoms with Gasteiger partial charge in [0.15, 0.2) is 0 Å². The summed E-state index contributed by atoms with van der Waals surface area (Å²) in [6.07, 6.45) is 3.02. The van der Waals surface area contributed by atoms with Crippen molar-refractivity contribution >= 4 is 11.9 Å². The molecule has 0 radical (unpaired) electrons. The number of amides is 1. The van der Waals surface area contributed by atoms with Gasteiger partial charge >= 0.3 is 5.97 Å². The third-order valence-electron chi connectivity index (χ3n) is 3.82. The summed E-state index contributed by atoms with van der Waals surface area (Å²) in [6.45, 7) is 3.54. The van der Waals surface area contributed by atoms with Crippen LogP contribution in [0.15, 0.2) is 0 Å². The number of carbonyl (C=O) groups excluding carboxylic acids is 1. The molecule has 1 aliphatic rings. The first kappa shape index (κ1) is 13.5. The molecule has 0 bridgehead atoms. The van der Waals surface area contributed by atoms with Crippen LogP contribution in [0.3, 0.4) is 0 Å². The number of carbonyl (C=O) groups is 2. The van der Waals surface area contributed by atoms with Crippen LogP contribution in [0.25, 0.3) is 0 Å². The highest BCUT2D eigenvalue weighted by Gasteiger charge is 2.46. The van der Waals surface area contributed by atoms with E-state index in [4.69, 9.17) is 0 Å². The van der Waals surface area contributed by atoms with Crippen LogP contribution in [0, 0.1) is 12.8 Å². The predicted molar refractivity (Wildman–Crippen MR) is 66.6 cm³/mol. The Balaban J connectivity index is 2.21. The number of aryl methyl sites for hydroxylation is 1. The van der Waals surface area contributed by atoms with Crippen molar-refractivity contribution in [3.8, 4) is 0 Å². The zero-order valence-electron chi connectivity index (χ0n) is 11.1. The van der Waals surface area contributed by atoms with E-state index in [1.165, 1.54) is 0 Å². The number of nitrogens with one attached hydrogen (secondary N) is 2. The number of aliphatic carboxylic acids is 1. The summed E-state index contributed by atoms with van der Waals surface area (Å²) in [5.41, 5.74) is -1.20. The summed E-state index contributed by atoms with van der Waals surface area (Å²) in [6, 6.07) is 0. The highest BCUT2D eigenvalue weighted by Crippen LogP contribution is 2.34. The van der Waals surface area contributed by atoms with E-state index in [-0.39, 0.29) is 11.7 Å². The molecule has 2 atom stereocenters. The van der Waals surface area contributed by atoms with Gasteiger partial charge in [-0.1, -0.05) is 19.8 Å². The molecule has 0 aliphatic heterocycles. The maximum absolute atomic E-state index is 12.1. The van der Waals surface area contributed by atoms with Crippen LogP contribution in [-0.2, 0) is 4.79 Å². The van der Waals surface area contributed by atoms with Gasteiger partial charge in [0.1, 0.15) is 11.4 Å². The van der Waals surface area contributed by atoms with E-state index < -0.39 is 17.4 Å². The average Bonchev–Trinajstić information content (AvgIpc) is 2.78. The molecule has 1 aliphatic carbocycles. The van der Waals surface area contributed by atoms with Crippen LogP contribution >= 0.6 is 0 Å². The molecule has 0 saturated heterocycles. The van der Waals surface area contributed by atoms with Crippen molar-refractivity contribution < 1.29 is 14.7 Å². The van der Waals surface area contributed by atoms with Gasteiger partial charge in [-0.3, -0.25) is 9.89 Å². The maximum atomic E-state index is 12.1. The van der Waals surface area contributed by atoms with Gasteiger partial charge in [0.05, 0.1) is 0 Å². The Morgan fingerprint density at radius 3 is 2.74 bits per heavy atom. The highest BCUT2D eigenvalue weighted by atomic mass is 16.4. The number of carboxylic acids is 1. The van der Waals surface area contributed by atoms with E-state index in [1.807, 2.05) is 6.92 Å². The Morgan fingerprint density at radius 2 is 2.21 bits per heavy atom. The van der Waals surface area contributed by atoms with Crippen LogP contribution in [0.1, 0.15) is 49.1 Å². The molecular formula is C12H18N4O3. The summed E-state index contributed by atoms with van der Waals surface area (Å²) in [7, 11) is 0. The van der Waals surface area contributed by atoms with Gasteiger partial charge in [0, 0.05) is 0 Å². The molecule has 0 aromatic carbocycles. The number of H-pyrrole nitrogens is 1. The number of hydrogen-bond donors (Lipinski definition) is 3. The lowest BCUT2D eigenvalue weighted by molar-refractivity contribution is -0.148. The molecule has 7 nitrogen and oxygen atoms in total. The largest absolute Gasteiger partial charge is 0.479 e. The number of nitrogens with zero attached hydrogens (tertiary/aromatic N) is 2. The average molecular weight is 266 g/mol. The zero-order chi connectivity index (χ0) is 14.0. The second kappa shape index (κ2) is 4.99. The standard InChI is InChI=1S/C12H18N4O3/c1-7-5-3-4-6-12(7,11(18)19)14-10(17)9-13-8(2)15-16-9/h7H,3-6H2,1-2H3,(H,14,17)(H,18,19)(H,13,15,16). The minimum Gasteiger partial charge on any atom is -0.479 e. The molecule has 1 amide bonds. The molecule has 0 spiro atoms. The van der Waals surface area contributed by atoms with Gasteiger partial charge in [0.25, 0.3) is 5.91 Å². The van der Waals surface area contributed by atoms with Crippen LogP contribution < -0.4 is 5.32 Å². The second-order valence-electron chi connectivity index (χ2n) is 5.12. The predicted octanol–water partition coefficient (Wildman–Crippen LogP) is 0.876. The van der Waals surface area contributed by atoms with Crippen molar-refractivity contribution in [2.75, 3.05) is 0 Å². The normalized spacial score (nSPS) is 26.9. The van der Waals surface area contributed by atoms with Gasteiger partial charge in [-0.25, -0.2) is 9.78 Å². The van der Waals surface area contributed by atoms with Crippen molar-refractivity contribution in [2.45, 2.75) is 45.1 Å². The van der Waals surface area contributed by atoms with E-state index >= 15 is 0 Å². The molecule has 1 aromatic rings. The summed E-state index contributed by atoms with van der Waals surface area (Å²) in [5.74, 6) is -1.13. The molecule has 104 valence electrons. The van der Waals surface area contributed by atoms with Gasteiger partial charge in [-0.2, -0.15) is 0 Å². The molecule has 1 saturated carbocycles. The maximum Gasteiger partial charge on any atom is 0.329 e. The highest BCUT2D eigenvalue weighted by molar-refractivity contribution is 5.95. The molecular weight excluding hydrogens is 248 g/mol. The van der Waals surface area contributed by atoms with E-state index in [9.17, 15) is 14.7 Å². The number of hydrogen-bond acceptors (Lipinski definition) is 4. The fourth-order valence-electron chi connectivity index (χ4n) is 2.61.